The zero-order chi connectivity index (χ0) is 12.3. The van der Waals surface area contributed by atoms with E-state index in [0.717, 1.165) is 10.8 Å². The molecule has 0 aromatic heterocycles. The Morgan fingerprint density at radius 2 is 1.88 bits per heavy atom. The Balaban J connectivity index is 2.30. The average molecular weight is 251 g/mol. The zero-order valence-corrected chi connectivity index (χ0v) is 10.4. The molecule has 2 nitrogen and oxygen atoms in total. The Hall–Kier alpha value is -1.25. The van der Waals surface area contributed by atoms with Crippen LogP contribution in [0.15, 0.2) is 42.5 Å². The van der Waals surface area contributed by atoms with Gasteiger partial charge in [-0.1, -0.05) is 54.9 Å². The highest BCUT2D eigenvalue weighted by molar-refractivity contribution is 6.20. The second-order valence-electron chi connectivity index (χ2n) is 3.92. The highest BCUT2D eigenvalue weighted by Gasteiger charge is 2.16. The lowest BCUT2D eigenvalue weighted by atomic mass is 10.1. The summed E-state index contributed by atoms with van der Waals surface area (Å²) in [6.07, 6.45) is -0.0884. The van der Waals surface area contributed by atoms with Crippen LogP contribution in [0.2, 0.25) is 0 Å². The lowest BCUT2D eigenvalue weighted by Crippen LogP contribution is -2.25. The first kappa shape index (κ1) is 12.2. The minimum Gasteiger partial charge on any atom is -0.471 e. The SMILES string of the molecule is CCC(O)C(Cl)Oc1cccc2ccccc12. The molecule has 1 N–H and O–H groups in total. The van der Waals surface area contributed by atoms with Crippen LogP contribution < -0.4 is 4.74 Å². The number of benzene rings is 2. The number of halogens is 1. The van der Waals surface area contributed by atoms with Crippen LogP contribution in [0.25, 0.3) is 10.8 Å². The maximum absolute atomic E-state index is 9.60. The summed E-state index contributed by atoms with van der Waals surface area (Å²) in [7, 11) is 0. The monoisotopic (exact) mass is 250 g/mol. The van der Waals surface area contributed by atoms with Gasteiger partial charge >= 0.3 is 0 Å². The molecule has 0 bridgehead atoms. The number of fused-ring (bicyclic) bond motifs is 1. The molecule has 17 heavy (non-hydrogen) atoms. The normalized spacial score (nSPS) is 14.5. The molecule has 0 saturated heterocycles. The van der Waals surface area contributed by atoms with Gasteiger partial charge in [-0.3, -0.25) is 0 Å². The third-order valence-electron chi connectivity index (χ3n) is 2.71. The predicted octanol–water partition coefficient (Wildman–Crippen LogP) is 3.55. The summed E-state index contributed by atoms with van der Waals surface area (Å²) in [4.78, 5) is 0. The number of ether oxygens (including phenoxy) is 1. The fraction of sp³-hybridized carbons (Fsp3) is 0.286. The molecule has 0 aliphatic rings. The Morgan fingerprint density at radius 1 is 1.18 bits per heavy atom. The molecule has 0 fully saturated rings. The topological polar surface area (TPSA) is 29.5 Å². The molecule has 0 aliphatic heterocycles. The molecule has 0 amide bonds. The number of hydrogen-bond acceptors (Lipinski definition) is 2. The highest BCUT2D eigenvalue weighted by atomic mass is 35.5. The van der Waals surface area contributed by atoms with E-state index in [4.69, 9.17) is 16.3 Å². The van der Waals surface area contributed by atoms with E-state index in [-0.39, 0.29) is 0 Å². The van der Waals surface area contributed by atoms with Crippen molar-refractivity contribution in [1.29, 1.82) is 0 Å². The summed E-state index contributed by atoms with van der Waals surface area (Å²) >= 11 is 5.99. The molecular formula is C14H15ClO2. The van der Waals surface area contributed by atoms with Gasteiger partial charge in [0.1, 0.15) is 11.9 Å². The van der Waals surface area contributed by atoms with Gasteiger partial charge in [-0.25, -0.2) is 0 Å². The molecule has 0 radical (unpaired) electrons. The first-order chi connectivity index (χ1) is 8.22. The van der Waals surface area contributed by atoms with Crippen LogP contribution in [0.1, 0.15) is 13.3 Å². The van der Waals surface area contributed by atoms with Crippen LogP contribution in [-0.2, 0) is 0 Å². The summed E-state index contributed by atoms with van der Waals surface area (Å²) in [5.74, 6) is 0.704. The number of rotatable bonds is 4. The third-order valence-corrected chi connectivity index (χ3v) is 3.09. The highest BCUT2D eigenvalue weighted by Crippen LogP contribution is 2.27. The molecular weight excluding hydrogens is 236 g/mol. The van der Waals surface area contributed by atoms with Gasteiger partial charge in [0.2, 0.25) is 0 Å². The summed E-state index contributed by atoms with van der Waals surface area (Å²) in [5.41, 5.74) is -0.717. The van der Waals surface area contributed by atoms with Crippen LogP contribution in [0.5, 0.6) is 5.75 Å². The van der Waals surface area contributed by atoms with E-state index in [1.54, 1.807) is 0 Å². The summed E-state index contributed by atoms with van der Waals surface area (Å²) in [6, 6.07) is 13.7. The molecule has 2 atom stereocenters. The molecule has 0 spiro atoms. The van der Waals surface area contributed by atoms with Crippen LogP contribution >= 0.6 is 11.6 Å². The molecule has 2 unspecified atom stereocenters. The average Bonchev–Trinajstić information content (AvgIpc) is 2.38. The van der Waals surface area contributed by atoms with Crippen molar-refractivity contribution in [3.05, 3.63) is 42.5 Å². The molecule has 0 heterocycles. The molecule has 3 heteroatoms. The summed E-state index contributed by atoms with van der Waals surface area (Å²) in [5, 5.41) is 11.7. The molecule has 2 aromatic rings. The second kappa shape index (κ2) is 5.39. The van der Waals surface area contributed by atoms with E-state index in [1.165, 1.54) is 0 Å². The third kappa shape index (κ3) is 2.71. The van der Waals surface area contributed by atoms with Crippen molar-refractivity contribution in [3.8, 4) is 5.75 Å². The van der Waals surface area contributed by atoms with Crippen molar-refractivity contribution in [1.82, 2.24) is 0 Å². The minimum atomic E-state index is -0.717. The lowest BCUT2D eigenvalue weighted by molar-refractivity contribution is 0.0809. The second-order valence-corrected chi connectivity index (χ2v) is 4.35. The Bertz CT molecular complexity index is 493. The van der Waals surface area contributed by atoms with Crippen molar-refractivity contribution in [2.75, 3.05) is 0 Å². The van der Waals surface area contributed by atoms with E-state index < -0.39 is 11.7 Å². The first-order valence-corrected chi connectivity index (χ1v) is 6.12. The maximum atomic E-state index is 9.60. The van der Waals surface area contributed by atoms with E-state index in [9.17, 15) is 5.11 Å². The van der Waals surface area contributed by atoms with Gasteiger partial charge in [0.25, 0.3) is 0 Å². The molecule has 0 aliphatic carbocycles. The number of alkyl halides is 1. The van der Waals surface area contributed by atoms with Gasteiger partial charge in [0.15, 0.2) is 5.56 Å². The minimum absolute atomic E-state index is 0.568. The van der Waals surface area contributed by atoms with Crippen molar-refractivity contribution < 1.29 is 9.84 Å². The van der Waals surface area contributed by atoms with Crippen molar-refractivity contribution >= 4 is 22.4 Å². The summed E-state index contributed by atoms with van der Waals surface area (Å²) < 4.78 is 5.60. The number of aliphatic hydroxyl groups excluding tert-OH is 1. The van der Waals surface area contributed by atoms with E-state index >= 15 is 0 Å². The van der Waals surface area contributed by atoms with Crippen LogP contribution in [0.3, 0.4) is 0 Å². The Labute approximate surface area is 106 Å². The molecule has 0 saturated carbocycles. The maximum Gasteiger partial charge on any atom is 0.197 e. The van der Waals surface area contributed by atoms with Gasteiger partial charge in [0, 0.05) is 5.39 Å². The fourth-order valence-electron chi connectivity index (χ4n) is 1.68. The number of hydrogen-bond donors (Lipinski definition) is 1. The van der Waals surface area contributed by atoms with Gasteiger partial charge < -0.3 is 9.84 Å². The smallest absolute Gasteiger partial charge is 0.197 e. The lowest BCUT2D eigenvalue weighted by Gasteiger charge is -2.18. The fourth-order valence-corrected chi connectivity index (χ4v) is 1.96. The van der Waals surface area contributed by atoms with Gasteiger partial charge in [-0.15, -0.1) is 0 Å². The standard InChI is InChI=1S/C14H15ClO2/c1-2-12(16)14(15)17-13-9-5-7-10-6-3-4-8-11(10)13/h3-9,12,14,16H,2H2,1H3. The predicted molar refractivity (Wildman–Crippen MR) is 70.5 cm³/mol. The first-order valence-electron chi connectivity index (χ1n) is 5.69. The van der Waals surface area contributed by atoms with Crippen molar-refractivity contribution in [3.63, 3.8) is 0 Å². The van der Waals surface area contributed by atoms with Gasteiger partial charge in [-0.05, 0) is 17.9 Å². The Kier molecular flexibility index (Phi) is 3.87. The van der Waals surface area contributed by atoms with Crippen LogP contribution in [0.4, 0.5) is 0 Å². The largest absolute Gasteiger partial charge is 0.471 e. The molecule has 90 valence electrons. The van der Waals surface area contributed by atoms with E-state index in [0.29, 0.717) is 12.2 Å². The van der Waals surface area contributed by atoms with Gasteiger partial charge in [0.05, 0.1) is 0 Å². The molecule has 2 aromatic carbocycles. The quantitative estimate of drug-likeness (QED) is 0.841. The van der Waals surface area contributed by atoms with Crippen LogP contribution in [-0.4, -0.2) is 16.8 Å². The van der Waals surface area contributed by atoms with Gasteiger partial charge in [-0.2, -0.15) is 0 Å². The van der Waals surface area contributed by atoms with Crippen molar-refractivity contribution in [2.45, 2.75) is 25.0 Å². The van der Waals surface area contributed by atoms with Crippen molar-refractivity contribution in [2.24, 2.45) is 0 Å². The number of aliphatic hydroxyl groups is 1. The zero-order valence-electron chi connectivity index (χ0n) is 9.64. The van der Waals surface area contributed by atoms with E-state index in [2.05, 4.69) is 0 Å². The Morgan fingerprint density at radius 3 is 2.65 bits per heavy atom. The molecule has 2 rings (SSSR count). The van der Waals surface area contributed by atoms with Crippen LogP contribution in [0, 0.1) is 0 Å². The summed E-state index contributed by atoms with van der Waals surface area (Å²) in [6.45, 7) is 1.87. The van der Waals surface area contributed by atoms with E-state index in [1.807, 2.05) is 49.4 Å².